The summed E-state index contributed by atoms with van der Waals surface area (Å²) in [6, 6.07) is 10.0. The Morgan fingerprint density at radius 3 is 2.54 bits per heavy atom. The molecule has 0 bridgehead atoms. The number of nitrogens with zero attached hydrogens (tertiary/aromatic N) is 1. The van der Waals surface area contributed by atoms with E-state index < -0.39 is 11.6 Å². The quantitative estimate of drug-likeness (QED) is 0.755. The Bertz CT molecular complexity index is 879. The number of amides is 1. The second-order valence-corrected chi connectivity index (χ2v) is 5.83. The number of halogens is 2. The van der Waals surface area contributed by atoms with E-state index in [1.165, 1.54) is 17.4 Å². The van der Waals surface area contributed by atoms with Crippen molar-refractivity contribution in [1.82, 2.24) is 4.98 Å². The van der Waals surface area contributed by atoms with E-state index in [1.54, 1.807) is 29.6 Å². The Morgan fingerprint density at radius 2 is 1.88 bits per heavy atom. The van der Waals surface area contributed by atoms with Crippen LogP contribution in [0.15, 0.2) is 47.8 Å². The topological polar surface area (TPSA) is 62.2 Å². The number of carbonyl (C=O) groups excluding carboxylic acids is 1. The van der Waals surface area contributed by atoms with Crippen molar-refractivity contribution < 1.29 is 18.7 Å². The first-order valence-corrected chi connectivity index (χ1v) is 7.87. The number of rotatable bonds is 4. The lowest BCUT2D eigenvalue weighted by Crippen LogP contribution is -2.11. The fraction of sp³-hybridized carbons (Fsp3) is 0.0588. The highest BCUT2D eigenvalue weighted by molar-refractivity contribution is 7.14. The van der Waals surface area contributed by atoms with Crippen LogP contribution in [0.3, 0.4) is 0 Å². The minimum Gasteiger partial charge on any atom is -0.392 e. The minimum atomic E-state index is -0.949. The smallest absolute Gasteiger partial charge is 0.257 e. The molecule has 0 spiro atoms. The van der Waals surface area contributed by atoms with E-state index in [4.69, 9.17) is 5.11 Å². The van der Waals surface area contributed by atoms with Crippen molar-refractivity contribution in [3.63, 3.8) is 0 Å². The summed E-state index contributed by atoms with van der Waals surface area (Å²) in [5.41, 5.74) is 2.01. The monoisotopic (exact) mass is 346 g/mol. The van der Waals surface area contributed by atoms with Crippen LogP contribution in [0.4, 0.5) is 13.9 Å². The van der Waals surface area contributed by atoms with Crippen molar-refractivity contribution >= 4 is 22.4 Å². The van der Waals surface area contributed by atoms with Crippen LogP contribution in [-0.4, -0.2) is 16.0 Å². The normalized spacial score (nSPS) is 10.6. The van der Waals surface area contributed by atoms with Gasteiger partial charge >= 0.3 is 0 Å². The number of nitrogens with one attached hydrogen (secondary N) is 1. The maximum atomic E-state index is 13.3. The minimum absolute atomic E-state index is 0.0913. The number of aromatic nitrogens is 1. The Morgan fingerprint density at radius 1 is 1.12 bits per heavy atom. The average Bonchev–Trinajstić information content (AvgIpc) is 3.06. The molecule has 24 heavy (non-hydrogen) atoms. The van der Waals surface area contributed by atoms with Crippen LogP contribution in [0.5, 0.6) is 0 Å². The Labute approximate surface area is 140 Å². The van der Waals surface area contributed by atoms with Gasteiger partial charge in [0.25, 0.3) is 5.91 Å². The van der Waals surface area contributed by atoms with E-state index in [9.17, 15) is 13.6 Å². The van der Waals surface area contributed by atoms with E-state index in [0.29, 0.717) is 27.5 Å². The van der Waals surface area contributed by atoms with Crippen molar-refractivity contribution in [3.05, 3.63) is 70.6 Å². The van der Waals surface area contributed by atoms with Gasteiger partial charge in [0.1, 0.15) is 0 Å². The largest absolute Gasteiger partial charge is 0.392 e. The number of benzene rings is 2. The Balaban J connectivity index is 1.75. The standard InChI is InChI=1S/C17H12F2N2O2S/c18-13-6-5-12(7-14(13)19)15-9-24-17(20-15)21-16(23)11-3-1-10(8-22)2-4-11/h1-7,9,22H,8H2,(H,20,21,23). The SMILES string of the molecule is O=C(Nc1nc(-c2ccc(F)c(F)c2)cs1)c1ccc(CO)cc1. The van der Waals surface area contributed by atoms with E-state index in [0.717, 1.165) is 12.1 Å². The fourth-order valence-electron chi connectivity index (χ4n) is 2.05. The second kappa shape index (κ2) is 6.86. The third-order valence-corrected chi connectivity index (χ3v) is 4.10. The highest BCUT2D eigenvalue weighted by atomic mass is 32.1. The molecule has 2 N–H and O–H groups in total. The highest BCUT2D eigenvalue weighted by Crippen LogP contribution is 2.26. The molecular weight excluding hydrogens is 334 g/mol. The maximum Gasteiger partial charge on any atom is 0.257 e. The molecule has 0 saturated heterocycles. The first-order valence-electron chi connectivity index (χ1n) is 6.99. The lowest BCUT2D eigenvalue weighted by Gasteiger charge is -2.03. The molecule has 4 nitrogen and oxygen atoms in total. The molecule has 122 valence electrons. The molecule has 1 amide bonds. The molecule has 0 aliphatic heterocycles. The summed E-state index contributed by atoms with van der Waals surface area (Å²) in [5.74, 6) is -2.21. The number of aliphatic hydroxyl groups is 1. The van der Waals surface area contributed by atoms with Crippen LogP contribution in [0, 0.1) is 11.6 Å². The summed E-state index contributed by atoms with van der Waals surface area (Å²) in [6.45, 7) is -0.0913. The first-order chi connectivity index (χ1) is 11.6. The van der Waals surface area contributed by atoms with Crippen molar-refractivity contribution in [2.75, 3.05) is 5.32 Å². The molecule has 3 rings (SSSR count). The van der Waals surface area contributed by atoms with Gasteiger partial charge in [0, 0.05) is 16.5 Å². The summed E-state index contributed by atoms with van der Waals surface area (Å²) < 4.78 is 26.2. The molecule has 3 aromatic rings. The number of thiazole rings is 1. The van der Waals surface area contributed by atoms with Crippen molar-refractivity contribution in [1.29, 1.82) is 0 Å². The van der Waals surface area contributed by atoms with Gasteiger partial charge in [0.2, 0.25) is 0 Å². The third-order valence-electron chi connectivity index (χ3n) is 3.34. The van der Waals surface area contributed by atoms with Gasteiger partial charge in [-0.05, 0) is 35.9 Å². The number of hydrogen-bond acceptors (Lipinski definition) is 4. The predicted octanol–water partition coefficient (Wildman–Crippen LogP) is 3.83. The molecule has 0 unspecified atom stereocenters. The molecule has 0 radical (unpaired) electrons. The van der Waals surface area contributed by atoms with E-state index in [1.807, 2.05) is 0 Å². The zero-order valence-corrected chi connectivity index (χ0v) is 13.1. The zero-order chi connectivity index (χ0) is 17.1. The molecule has 1 aromatic heterocycles. The van der Waals surface area contributed by atoms with Crippen LogP contribution in [0.1, 0.15) is 15.9 Å². The highest BCUT2D eigenvalue weighted by Gasteiger charge is 2.11. The lowest BCUT2D eigenvalue weighted by molar-refractivity contribution is 0.102. The van der Waals surface area contributed by atoms with E-state index in [2.05, 4.69) is 10.3 Å². The third kappa shape index (κ3) is 3.47. The molecular formula is C17H12F2N2O2S. The summed E-state index contributed by atoms with van der Waals surface area (Å²) in [6.07, 6.45) is 0. The number of hydrogen-bond donors (Lipinski definition) is 2. The maximum absolute atomic E-state index is 13.3. The van der Waals surface area contributed by atoms with Crippen molar-refractivity contribution in [3.8, 4) is 11.3 Å². The summed E-state index contributed by atoms with van der Waals surface area (Å²) >= 11 is 1.19. The van der Waals surface area contributed by atoms with Crippen molar-refractivity contribution in [2.45, 2.75) is 6.61 Å². The Kier molecular flexibility index (Phi) is 4.64. The second-order valence-electron chi connectivity index (χ2n) is 4.98. The number of anilines is 1. The average molecular weight is 346 g/mol. The van der Waals surface area contributed by atoms with Crippen LogP contribution >= 0.6 is 11.3 Å². The molecule has 0 atom stereocenters. The van der Waals surface area contributed by atoms with Crippen LogP contribution in [0.2, 0.25) is 0 Å². The van der Waals surface area contributed by atoms with Crippen molar-refractivity contribution in [2.24, 2.45) is 0 Å². The van der Waals surface area contributed by atoms with E-state index in [-0.39, 0.29) is 12.5 Å². The van der Waals surface area contributed by atoms with Gasteiger partial charge in [-0.1, -0.05) is 12.1 Å². The predicted molar refractivity (Wildman–Crippen MR) is 87.8 cm³/mol. The molecule has 7 heteroatoms. The van der Waals surface area contributed by atoms with Gasteiger partial charge < -0.3 is 5.11 Å². The van der Waals surface area contributed by atoms with E-state index >= 15 is 0 Å². The first kappa shape index (κ1) is 16.2. The molecule has 0 aliphatic rings. The summed E-state index contributed by atoms with van der Waals surface area (Å²) in [4.78, 5) is 16.3. The lowest BCUT2D eigenvalue weighted by atomic mass is 10.1. The summed E-state index contributed by atoms with van der Waals surface area (Å²) in [7, 11) is 0. The fourth-order valence-corrected chi connectivity index (χ4v) is 2.76. The molecule has 0 fully saturated rings. The van der Waals surface area contributed by atoms with Gasteiger partial charge in [0.05, 0.1) is 12.3 Å². The van der Waals surface area contributed by atoms with Gasteiger partial charge in [-0.25, -0.2) is 13.8 Å². The van der Waals surface area contributed by atoms with Crippen LogP contribution < -0.4 is 5.32 Å². The Hall–Kier alpha value is -2.64. The molecule has 2 aromatic carbocycles. The number of aliphatic hydroxyl groups excluding tert-OH is 1. The molecule has 0 saturated carbocycles. The molecule has 1 heterocycles. The van der Waals surface area contributed by atoms with Crippen LogP contribution in [-0.2, 0) is 6.61 Å². The van der Waals surface area contributed by atoms with Gasteiger partial charge in [-0.2, -0.15) is 0 Å². The zero-order valence-electron chi connectivity index (χ0n) is 12.3. The van der Waals surface area contributed by atoms with Gasteiger partial charge in [-0.15, -0.1) is 11.3 Å². The van der Waals surface area contributed by atoms with Crippen LogP contribution in [0.25, 0.3) is 11.3 Å². The van der Waals surface area contributed by atoms with Gasteiger partial charge in [-0.3, -0.25) is 10.1 Å². The summed E-state index contributed by atoms with van der Waals surface area (Å²) in [5, 5.41) is 13.6. The van der Waals surface area contributed by atoms with Gasteiger partial charge in [0.15, 0.2) is 16.8 Å². The molecule has 0 aliphatic carbocycles. The number of carbonyl (C=O) groups is 1.